The third kappa shape index (κ3) is 6.37. The number of unbranched alkanes of at least 4 members (excludes halogenated alkanes) is 2. The average molecular weight is 466 g/mol. The van der Waals surface area contributed by atoms with Crippen molar-refractivity contribution in [1.82, 2.24) is 5.01 Å². The van der Waals surface area contributed by atoms with E-state index in [9.17, 15) is 9.59 Å². The van der Waals surface area contributed by atoms with Crippen molar-refractivity contribution in [2.24, 2.45) is 11.0 Å². The van der Waals surface area contributed by atoms with E-state index in [-0.39, 0.29) is 17.7 Å². The first kappa shape index (κ1) is 25.3. The summed E-state index contributed by atoms with van der Waals surface area (Å²) in [7, 11) is 3.21. The van der Waals surface area contributed by atoms with Gasteiger partial charge in [-0.15, -0.1) is 0 Å². The smallest absolute Gasteiger partial charge is 0.243 e. The fraction of sp³-hybridized carbons (Fsp3) is 0.444. The van der Waals surface area contributed by atoms with E-state index in [1.54, 1.807) is 14.2 Å². The maximum atomic E-state index is 12.8. The molecule has 2 aromatic rings. The zero-order valence-corrected chi connectivity index (χ0v) is 20.6. The zero-order valence-electron chi connectivity index (χ0n) is 20.6. The molecule has 7 heteroatoms. The Kier molecular flexibility index (Phi) is 9.08. The van der Waals surface area contributed by atoms with Gasteiger partial charge < -0.3 is 14.8 Å². The summed E-state index contributed by atoms with van der Waals surface area (Å²) in [4.78, 5) is 24.9. The normalized spacial score (nSPS) is 15.6. The molecule has 0 spiro atoms. The molecule has 0 fully saturated rings. The maximum absolute atomic E-state index is 12.8. The molecule has 0 radical (unpaired) electrons. The second kappa shape index (κ2) is 12.2. The maximum Gasteiger partial charge on any atom is 0.243 e. The van der Waals surface area contributed by atoms with E-state index in [1.165, 1.54) is 5.01 Å². The molecule has 1 unspecified atom stereocenters. The molecule has 0 aliphatic carbocycles. The van der Waals surface area contributed by atoms with Gasteiger partial charge in [0, 0.05) is 30.0 Å². The number of amides is 2. The van der Waals surface area contributed by atoms with Crippen molar-refractivity contribution in [2.75, 3.05) is 19.5 Å². The minimum absolute atomic E-state index is 0.00406. The molecule has 0 saturated carbocycles. The van der Waals surface area contributed by atoms with Crippen molar-refractivity contribution >= 4 is 23.2 Å². The average Bonchev–Trinajstić information content (AvgIpc) is 2.85. The molecule has 34 heavy (non-hydrogen) atoms. The fourth-order valence-corrected chi connectivity index (χ4v) is 4.06. The minimum atomic E-state index is 0.00406. The van der Waals surface area contributed by atoms with E-state index < -0.39 is 0 Å². The van der Waals surface area contributed by atoms with E-state index in [0.29, 0.717) is 30.9 Å². The Bertz CT molecular complexity index is 1020. The van der Waals surface area contributed by atoms with Gasteiger partial charge in [0.1, 0.15) is 0 Å². The predicted molar refractivity (Wildman–Crippen MR) is 134 cm³/mol. The van der Waals surface area contributed by atoms with Crippen molar-refractivity contribution in [3.05, 3.63) is 53.6 Å². The number of ether oxygens (including phenoxy) is 2. The molecule has 1 atom stereocenters. The molecular weight excluding hydrogens is 430 g/mol. The molecule has 3 rings (SSSR count). The van der Waals surface area contributed by atoms with Crippen molar-refractivity contribution in [3.8, 4) is 11.5 Å². The molecule has 1 aliphatic rings. The van der Waals surface area contributed by atoms with E-state index in [2.05, 4.69) is 19.2 Å². The molecule has 1 aliphatic heterocycles. The lowest BCUT2D eigenvalue weighted by molar-refractivity contribution is -0.133. The number of hydrogen-bond acceptors (Lipinski definition) is 5. The minimum Gasteiger partial charge on any atom is -0.493 e. The van der Waals surface area contributed by atoms with Crippen LogP contribution in [0.2, 0.25) is 0 Å². The Morgan fingerprint density at radius 2 is 1.79 bits per heavy atom. The first-order chi connectivity index (χ1) is 16.5. The Hall–Kier alpha value is -3.35. The highest BCUT2D eigenvalue weighted by molar-refractivity contribution is 6.06. The van der Waals surface area contributed by atoms with Gasteiger partial charge >= 0.3 is 0 Å². The summed E-state index contributed by atoms with van der Waals surface area (Å²) in [6, 6.07) is 13.3. The second-order valence-corrected chi connectivity index (χ2v) is 8.52. The lowest BCUT2D eigenvalue weighted by atomic mass is 9.89. The van der Waals surface area contributed by atoms with Crippen LogP contribution >= 0.6 is 0 Å². The number of benzene rings is 2. The Labute approximate surface area is 202 Å². The van der Waals surface area contributed by atoms with Crippen LogP contribution in [0.25, 0.3) is 0 Å². The van der Waals surface area contributed by atoms with Crippen LogP contribution in [0.15, 0.2) is 47.6 Å². The zero-order chi connectivity index (χ0) is 24.5. The molecule has 1 N–H and O–H groups in total. The number of anilines is 1. The number of nitrogens with zero attached hydrogens (tertiary/aromatic N) is 2. The van der Waals surface area contributed by atoms with Gasteiger partial charge in [-0.2, -0.15) is 5.10 Å². The van der Waals surface area contributed by atoms with Crippen LogP contribution in [-0.4, -0.2) is 36.8 Å². The molecule has 0 saturated heterocycles. The lowest BCUT2D eigenvalue weighted by Gasteiger charge is -2.29. The van der Waals surface area contributed by atoms with Crippen LogP contribution in [-0.2, 0) is 16.1 Å². The van der Waals surface area contributed by atoms with Gasteiger partial charge in [-0.25, -0.2) is 5.01 Å². The summed E-state index contributed by atoms with van der Waals surface area (Å²) in [6.07, 6.45) is 4.81. The second-order valence-electron chi connectivity index (χ2n) is 8.52. The van der Waals surface area contributed by atoms with Gasteiger partial charge in [0.2, 0.25) is 11.8 Å². The van der Waals surface area contributed by atoms with Gasteiger partial charge in [0.25, 0.3) is 0 Å². The quantitative estimate of drug-likeness (QED) is 0.452. The molecule has 182 valence electrons. The number of carbonyl (C=O) groups is 2. The molecule has 2 aromatic carbocycles. The summed E-state index contributed by atoms with van der Waals surface area (Å²) < 4.78 is 10.8. The van der Waals surface area contributed by atoms with Gasteiger partial charge in [0.05, 0.1) is 26.5 Å². The molecule has 7 nitrogen and oxygen atoms in total. The highest BCUT2D eigenvalue weighted by atomic mass is 16.5. The van der Waals surface area contributed by atoms with Crippen LogP contribution in [0.3, 0.4) is 0 Å². The Balaban J connectivity index is 1.75. The first-order valence-corrected chi connectivity index (χ1v) is 12.0. The van der Waals surface area contributed by atoms with Crippen molar-refractivity contribution < 1.29 is 19.1 Å². The summed E-state index contributed by atoms with van der Waals surface area (Å²) in [5.41, 5.74) is 3.50. The van der Waals surface area contributed by atoms with E-state index >= 15 is 0 Å². The number of hydrazone groups is 1. The van der Waals surface area contributed by atoms with Crippen molar-refractivity contribution in [1.29, 1.82) is 0 Å². The van der Waals surface area contributed by atoms with Crippen molar-refractivity contribution in [3.63, 3.8) is 0 Å². The van der Waals surface area contributed by atoms with Gasteiger partial charge in [-0.1, -0.05) is 38.8 Å². The first-order valence-electron chi connectivity index (χ1n) is 12.0. The highest BCUT2D eigenvalue weighted by Gasteiger charge is 2.29. The molecule has 1 heterocycles. The summed E-state index contributed by atoms with van der Waals surface area (Å²) in [5.74, 6) is 1.37. The highest BCUT2D eigenvalue weighted by Crippen LogP contribution is 2.31. The Morgan fingerprint density at radius 3 is 2.44 bits per heavy atom. The van der Waals surface area contributed by atoms with E-state index in [0.717, 1.165) is 48.2 Å². The van der Waals surface area contributed by atoms with E-state index in [4.69, 9.17) is 14.6 Å². The number of nitrogens with one attached hydrogen (secondary N) is 1. The summed E-state index contributed by atoms with van der Waals surface area (Å²) in [5, 5.41) is 9.23. The monoisotopic (exact) mass is 465 g/mol. The topological polar surface area (TPSA) is 80.2 Å². The Morgan fingerprint density at radius 1 is 1.06 bits per heavy atom. The predicted octanol–water partition coefficient (Wildman–Crippen LogP) is 5.39. The molecular formula is C27H35N3O4. The van der Waals surface area contributed by atoms with Gasteiger partial charge in [-0.05, 0) is 48.7 Å². The largest absolute Gasteiger partial charge is 0.493 e. The third-order valence-electron chi connectivity index (χ3n) is 6.07. The summed E-state index contributed by atoms with van der Waals surface area (Å²) in [6.45, 7) is 4.56. The SMILES string of the molecule is CCCCCC(=O)Nc1ccc(CN2N=C(c3ccc(OC)c(OC)c3)C(CC)CC2=O)cc1. The van der Waals surface area contributed by atoms with Crippen molar-refractivity contribution in [2.45, 2.75) is 58.9 Å². The van der Waals surface area contributed by atoms with Crippen LogP contribution in [0, 0.1) is 5.92 Å². The standard InChI is InChI=1S/C27H35N3O4/c1-5-7-8-9-25(31)28-22-13-10-19(11-14-22)18-30-26(32)17-20(6-2)27(29-30)21-12-15-23(33-3)24(16-21)34-4/h10-16,20H,5-9,17-18H2,1-4H3,(H,28,31). The number of rotatable bonds is 11. The molecule has 0 aromatic heterocycles. The van der Waals surface area contributed by atoms with Gasteiger partial charge in [0.15, 0.2) is 11.5 Å². The third-order valence-corrected chi connectivity index (χ3v) is 6.07. The van der Waals surface area contributed by atoms with Crippen LogP contribution in [0.1, 0.15) is 63.5 Å². The number of carbonyl (C=O) groups excluding carboxylic acids is 2. The fourth-order valence-electron chi connectivity index (χ4n) is 4.06. The van der Waals surface area contributed by atoms with E-state index in [1.807, 2.05) is 42.5 Å². The van der Waals surface area contributed by atoms with Crippen LogP contribution in [0.4, 0.5) is 5.69 Å². The molecule has 2 amide bonds. The van der Waals surface area contributed by atoms with Crippen LogP contribution in [0.5, 0.6) is 11.5 Å². The lowest BCUT2D eigenvalue weighted by Crippen LogP contribution is -2.36. The summed E-state index contributed by atoms with van der Waals surface area (Å²) >= 11 is 0. The number of hydrogen-bond donors (Lipinski definition) is 1. The van der Waals surface area contributed by atoms with Gasteiger partial charge in [-0.3, -0.25) is 9.59 Å². The van der Waals surface area contributed by atoms with Crippen LogP contribution < -0.4 is 14.8 Å². The number of methoxy groups -OCH3 is 2. The molecule has 0 bridgehead atoms.